The summed E-state index contributed by atoms with van der Waals surface area (Å²) in [6, 6.07) is 0. The molecule has 1 rings (SSSR count). The molecule has 2 N–H and O–H groups in total. The van der Waals surface area contributed by atoms with Gasteiger partial charge in [0, 0.05) is 12.3 Å². The smallest absolute Gasteiger partial charge is 0.317 e. The highest BCUT2D eigenvalue weighted by Crippen LogP contribution is 2.29. The lowest BCUT2D eigenvalue weighted by Gasteiger charge is -2.22. The summed E-state index contributed by atoms with van der Waals surface area (Å²) in [4.78, 5) is 0. The molecule has 1 aliphatic heterocycles. The van der Waals surface area contributed by atoms with E-state index in [1.54, 1.807) is 0 Å². The summed E-state index contributed by atoms with van der Waals surface area (Å²) in [7, 11) is -3.46. The van der Waals surface area contributed by atoms with Gasteiger partial charge in [-0.1, -0.05) is 0 Å². The Morgan fingerprint density at radius 3 is 2.44 bits per heavy atom. The van der Waals surface area contributed by atoms with Crippen molar-refractivity contribution >= 4 is 21.8 Å². The topological polar surface area (TPSA) is 58.2 Å². The van der Waals surface area contributed by atoms with Crippen molar-refractivity contribution in [2.24, 2.45) is 5.92 Å². The lowest BCUT2D eigenvalue weighted by molar-refractivity contribution is -0.0327. The molecule has 18 heavy (non-hydrogen) atoms. The Morgan fingerprint density at radius 2 is 1.89 bits per heavy atom. The molecule has 0 bridgehead atoms. The Hall–Kier alpha value is 0.01000. The molecule has 1 saturated heterocycles. The van der Waals surface area contributed by atoms with Gasteiger partial charge in [0.2, 0.25) is 10.0 Å². The van der Waals surface area contributed by atoms with Crippen molar-refractivity contribution in [3.05, 3.63) is 0 Å². The number of piperidine rings is 1. The molecule has 1 aliphatic rings. The van der Waals surface area contributed by atoms with Crippen molar-refractivity contribution < 1.29 is 21.6 Å². The molecule has 0 amide bonds. The largest absolute Gasteiger partial charge is 0.441 e. The third-order valence-corrected chi connectivity index (χ3v) is 4.89. The van der Waals surface area contributed by atoms with Crippen LogP contribution >= 0.6 is 11.8 Å². The van der Waals surface area contributed by atoms with Gasteiger partial charge in [0.05, 0.1) is 5.75 Å². The van der Waals surface area contributed by atoms with Crippen LogP contribution in [0.1, 0.15) is 12.8 Å². The number of sulfonamides is 1. The average molecular weight is 306 g/mol. The Balaban J connectivity index is 2.22. The molecular weight excluding hydrogens is 289 g/mol. The van der Waals surface area contributed by atoms with Crippen LogP contribution in [0.15, 0.2) is 0 Å². The first-order valence-electron chi connectivity index (χ1n) is 5.67. The van der Waals surface area contributed by atoms with E-state index in [1.807, 2.05) is 0 Å². The molecule has 0 saturated carbocycles. The predicted molar refractivity (Wildman–Crippen MR) is 65.9 cm³/mol. The maximum atomic E-state index is 11.8. The summed E-state index contributed by atoms with van der Waals surface area (Å²) in [5.41, 5.74) is -4.31. The number of nitrogens with one attached hydrogen (secondary N) is 2. The third-order valence-electron chi connectivity index (χ3n) is 2.60. The quantitative estimate of drug-likeness (QED) is 0.723. The average Bonchev–Trinajstić information content (AvgIpc) is 2.24. The number of thioether (sulfide) groups is 1. The van der Waals surface area contributed by atoms with E-state index in [0.29, 0.717) is 0 Å². The Morgan fingerprint density at radius 1 is 1.28 bits per heavy atom. The molecule has 0 aromatic carbocycles. The monoisotopic (exact) mass is 306 g/mol. The number of rotatable bonds is 6. The van der Waals surface area contributed by atoms with E-state index in [2.05, 4.69) is 10.0 Å². The number of alkyl halides is 3. The summed E-state index contributed by atoms with van der Waals surface area (Å²) in [5, 5.41) is 3.13. The summed E-state index contributed by atoms with van der Waals surface area (Å²) in [6.07, 6.45) is 1.58. The molecular formula is C9H17F3N2O2S2. The maximum absolute atomic E-state index is 11.8. The van der Waals surface area contributed by atoms with Crippen LogP contribution in [-0.2, 0) is 10.0 Å². The first-order valence-corrected chi connectivity index (χ1v) is 8.31. The molecule has 0 radical (unpaired) electrons. The predicted octanol–water partition coefficient (Wildman–Crippen LogP) is 1.16. The summed E-state index contributed by atoms with van der Waals surface area (Å²) < 4.78 is 60.9. The van der Waals surface area contributed by atoms with Crippen LogP contribution in [0.5, 0.6) is 0 Å². The summed E-state index contributed by atoms with van der Waals surface area (Å²) >= 11 is -0.217. The highest BCUT2D eigenvalue weighted by atomic mass is 32.2. The minimum atomic E-state index is -4.31. The van der Waals surface area contributed by atoms with Gasteiger partial charge in [-0.15, -0.1) is 0 Å². The standard InChI is InChI=1S/C9H17F3N2O2S2/c10-9(11,12)17-6-5-14-18(15,16)7-8-1-3-13-4-2-8/h8,13-14H,1-7H2. The van der Waals surface area contributed by atoms with E-state index in [9.17, 15) is 21.6 Å². The first kappa shape index (κ1) is 16.1. The van der Waals surface area contributed by atoms with E-state index in [0.717, 1.165) is 25.9 Å². The highest BCUT2D eigenvalue weighted by molar-refractivity contribution is 8.00. The van der Waals surface area contributed by atoms with Crippen molar-refractivity contribution in [3.63, 3.8) is 0 Å². The van der Waals surface area contributed by atoms with Crippen LogP contribution in [0.3, 0.4) is 0 Å². The lowest BCUT2D eigenvalue weighted by Crippen LogP contribution is -2.36. The maximum Gasteiger partial charge on any atom is 0.441 e. The van der Waals surface area contributed by atoms with Crippen LogP contribution in [0.25, 0.3) is 0 Å². The molecule has 1 heterocycles. The van der Waals surface area contributed by atoms with Gasteiger partial charge in [0.1, 0.15) is 0 Å². The molecule has 0 aromatic rings. The second kappa shape index (κ2) is 6.97. The van der Waals surface area contributed by atoms with Gasteiger partial charge >= 0.3 is 5.51 Å². The molecule has 1 fully saturated rings. The van der Waals surface area contributed by atoms with Gasteiger partial charge in [0.25, 0.3) is 0 Å². The molecule has 0 aliphatic carbocycles. The SMILES string of the molecule is O=S(=O)(CC1CCNCC1)NCCSC(F)(F)F. The van der Waals surface area contributed by atoms with Crippen LogP contribution in [-0.4, -0.2) is 45.1 Å². The van der Waals surface area contributed by atoms with Gasteiger partial charge < -0.3 is 5.32 Å². The second-order valence-corrected chi connectivity index (χ2v) is 7.17. The molecule has 0 unspecified atom stereocenters. The van der Waals surface area contributed by atoms with Crippen molar-refractivity contribution in [1.29, 1.82) is 0 Å². The molecule has 0 aromatic heterocycles. The molecule has 0 spiro atoms. The van der Waals surface area contributed by atoms with Crippen LogP contribution in [0.4, 0.5) is 13.2 Å². The van der Waals surface area contributed by atoms with E-state index in [-0.39, 0.29) is 35.7 Å². The Kier molecular flexibility index (Phi) is 6.22. The minimum Gasteiger partial charge on any atom is -0.317 e. The molecule has 9 heteroatoms. The van der Waals surface area contributed by atoms with Crippen molar-refractivity contribution in [2.45, 2.75) is 18.3 Å². The zero-order valence-corrected chi connectivity index (χ0v) is 11.4. The fourth-order valence-electron chi connectivity index (χ4n) is 1.78. The fourth-order valence-corrected chi connectivity index (χ4v) is 3.83. The van der Waals surface area contributed by atoms with Crippen LogP contribution in [0.2, 0.25) is 0 Å². The second-order valence-electron chi connectivity index (χ2n) is 4.16. The minimum absolute atomic E-state index is 0.00532. The van der Waals surface area contributed by atoms with E-state index < -0.39 is 15.5 Å². The Bertz CT molecular complexity index is 340. The van der Waals surface area contributed by atoms with E-state index in [4.69, 9.17) is 0 Å². The number of hydrogen-bond acceptors (Lipinski definition) is 4. The molecule has 108 valence electrons. The summed E-state index contributed by atoms with van der Waals surface area (Å²) in [5.74, 6) is -0.195. The zero-order chi connectivity index (χ0) is 13.6. The van der Waals surface area contributed by atoms with Gasteiger partial charge in [-0.3, -0.25) is 0 Å². The van der Waals surface area contributed by atoms with E-state index >= 15 is 0 Å². The van der Waals surface area contributed by atoms with Gasteiger partial charge in [-0.25, -0.2) is 13.1 Å². The fraction of sp³-hybridized carbons (Fsp3) is 1.00. The van der Waals surface area contributed by atoms with Gasteiger partial charge in [-0.2, -0.15) is 13.2 Å². The number of hydrogen-bond donors (Lipinski definition) is 2. The normalized spacial score (nSPS) is 19.1. The zero-order valence-electron chi connectivity index (χ0n) is 9.79. The molecule has 4 nitrogen and oxygen atoms in total. The lowest BCUT2D eigenvalue weighted by atomic mass is 10.0. The first-order chi connectivity index (χ1) is 8.29. The third kappa shape index (κ3) is 7.45. The van der Waals surface area contributed by atoms with Crippen molar-refractivity contribution in [2.75, 3.05) is 31.1 Å². The van der Waals surface area contributed by atoms with Crippen molar-refractivity contribution in [1.82, 2.24) is 10.0 Å². The van der Waals surface area contributed by atoms with Gasteiger partial charge in [-0.05, 0) is 43.6 Å². The summed E-state index contributed by atoms with van der Waals surface area (Å²) in [6.45, 7) is 1.41. The van der Waals surface area contributed by atoms with E-state index in [1.165, 1.54) is 0 Å². The van der Waals surface area contributed by atoms with Crippen LogP contribution in [0, 0.1) is 5.92 Å². The number of halogens is 3. The van der Waals surface area contributed by atoms with Gasteiger partial charge in [0.15, 0.2) is 0 Å². The van der Waals surface area contributed by atoms with Crippen LogP contribution < -0.4 is 10.0 Å². The Labute approximate surface area is 109 Å². The molecule has 0 atom stereocenters. The van der Waals surface area contributed by atoms with Crippen molar-refractivity contribution in [3.8, 4) is 0 Å². The highest BCUT2D eigenvalue weighted by Gasteiger charge is 2.28.